The maximum absolute atomic E-state index is 13.5. The first-order chi connectivity index (χ1) is 8.13. The molecule has 0 spiro atoms. The standard InChI is InChI=1S/C13H16FNO2/c1-9-8-17-10(2)6-15(9)13-5-3-4-12(14)11(13)7-16/h3-5,7,9-10H,6,8H2,1-2H3. The molecule has 2 atom stereocenters. The van der Waals surface area contributed by atoms with E-state index in [9.17, 15) is 9.18 Å². The van der Waals surface area contributed by atoms with E-state index >= 15 is 0 Å². The second-order valence-electron chi connectivity index (χ2n) is 4.44. The zero-order valence-corrected chi connectivity index (χ0v) is 10.0. The highest BCUT2D eigenvalue weighted by molar-refractivity contribution is 5.85. The second-order valence-corrected chi connectivity index (χ2v) is 4.44. The molecule has 3 nitrogen and oxygen atoms in total. The zero-order valence-electron chi connectivity index (χ0n) is 10.0. The van der Waals surface area contributed by atoms with Crippen molar-refractivity contribution >= 4 is 12.0 Å². The van der Waals surface area contributed by atoms with Crippen molar-refractivity contribution in [2.75, 3.05) is 18.1 Å². The summed E-state index contributed by atoms with van der Waals surface area (Å²) < 4.78 is 19.1. The summed E-state index contributed by atoms with van der Waals surface area (Å²) in [4.78, 5) is 13.0. The Morgan fingerprint density at radius 3 is 2.94 bits per heavy atom. The van der Waals surface area contributed by atoms with E-state index in [1.807, 2.05) is 18.7 Å². The van der Waals surface area contributed by atoms with Crippen molar-refractivity contribution in [1.82, 2.24) is 0 Å². The summed E-state index contributed by atoms with van der Waals surface area (Å²) in [6.07, 6.45) is 0.673. The molecule has 0 N–H and O–H groups in total. The van der Waals surface area contributed by atoms with Gasteiger partial charge in [0.2, 0.25) is 0 Å². The van der Waals surface area contributed by atoms with Crippen molar-refractivity contribution in [2.24, 2.45) is 0 Å². The minimum Gasteiger partial charge on any atom is -0.375 e. The lowest BCUT2D eigenvalue weighted by Crippen LogP contribution is -2.47. The number of rotatable bonds is 2. The Morgan fingerprint density at radius 2 is 2.24 bits per heavy atom. The van der Waals surface area contributed by atoms with Crippen LogP contribution in [0.4, 0.5) is 10.1 Å². The predicted molar refractivity (Wildman–Crippen MR) is 64.0 cm³/mol. The first kappa shape index (κ1) is 12.0. The van der Waals surface area contributed by atoms with Crippen LogP contribution in [0, 0.1) is 5.82 Å². The lowest BCUT2D eigenvalue weighted by Gasteiger charge is -2.39. The van der Waals surface area contributed by atoms with Gasteiger partial charge in [0.25, 0.3) is 0 Å². The van der Waals surface area contributed by atoms with Crippen molar-refractivity contribution in [1.29, 1.82) is 0 Å². The first-order valence-electron chi connectivity index (χ1n) is 5.75. The Balaban J connectivity index is 2.38. The molecule has 1 saturated heterocycles. The number of carbonyl (C=O) groups is 1. The largest absolute Gasteiger partial charge is 0.375 e. The van der Waals surface area contributed by atoms with Gasteiger partial charge < -0.3 is 9.64 Å². The Labute approximate surface area is 100 Å². The van der Waals surface area contributed by atoms with Crippen LogP contribution in [0.5, 0.6) is 0 Å². The Hall–Kier alpha value is -1.42. The summed E-state index contributed by atoms with van der Waals surface area (Å²) in [7, 11) is 0. The van der Waals surface area contributed by atoms with E-state index in [1.165, 1.54) is 6.07 Å². The number of hydrogen-bond acceptors (Lipinski definition) is 3. The monoisotopic (exact) mass is 237 g/mol. The van der Waals surface area contributed by atoms with E-state index in [0.717, 1.165) is 0 Å². The fourth-order valence-corrected chi connectivity index (χ4v) is 2.13. The maximum atomic E-state index is 13.5. The molecule has 0 radical (unpaired) electrons. The molecule has 0 bridgehead atoms. The number of benzene rings is 1. The van der Waals surface area contributed by atoms with Crippen molar-refractivity contribution in [3.63, 3.8) is 0 Å². The molecule has 4 heteroatoms. The molecular formula is C13H16FNO2. The zero-order chi connectivity index (χ0) is 12.4. The van der Waals surface area contributed by atoms with Crippen molar-refractivity contribution in [3.05, 3.63) is 29.6 Å². The number of anilines is 1. The van der Waals surface area contributed by atoms with E-state index in [4.69, 9.17) is 4.74 Å². The van der Waals surface area contributed by atoms with Crippen molar-refractivity contribution in [2.45, 2.75) is 26.0 Å². The number of halogens is 1. The SMILES string of the molecule is CC1CN(c2cccc(F)c2C=O)C(C)CO1. The van der Waals surface area contributed by atoms with E-state index < -0.39 is 5.82 Å². The Morgan fingerprint density at radius 1 is 1.47 bits per heavy atom. The van der Waals surface area contributed by atoms with Gasteiger partial charge in [-0.2, -0.15) is 0 Å². The fraction of sp³-hybridized carbons (Fsp3) is 0.462. The molecule has 92 valence electrons. The topological polar surface area (TPSA) is 29.5 Å². The van der Waals surface area contributed by atoms with Gasteiger partial charge in [0.15, 0.2) is 6.29 Å². The Kier molecular flexibility index (Phi) is 3.43. The van der Waals surface area contributed by atoms with Gasteiger partial charge in [-0.3, -0.25) is 4.79 Å². The van der Waals surface area contributed by atoms with Gasteiger partial charge >= 0.3 is 0 Å². The van der Waals surface area contributed by atoms with Gasteiger partial charge in [-0.05, 0) is 26.0 Å². The van der Waals surface area contributed by atoms with Crippen LogP contribution in [-0.4, -0.2) is 31.6 Å². The number of aldehydes is 1. The lowest BCUT2D eigenvalue weighted by molar-refractivity contribution is 0.0343. The van der Waals surface area contributed by atoms with Crippen LogP contribution in [0.15, 0.2) is 18.2 Å². The van der Waals surface area contributed by atoms with Crippen LogP contribution in [0.3, 0.4) is 0 Å². The summed E-state index contributed by atoms with van der Waals surface area (Å²) in [5, 5.41) is 0. The molecule has 2 unspecified atom stereocenters. The molecule has 0 amide bonds. The lowest BCUT2D eigenvalue weighted by atomic mass is 10.1. The fourth-order valence-electron chi connectivity index (χ4n) is 2.13. The van der Waals surface area contributed by atoms with Gasteiger partial charge in [0.1, 0.15) is 5.82 Å². The average Bonchev–Trinajstić information content (AvgIpc) is 2.32. The van der Waals surface area contributed by atoms with E-state index in [1.54, 1.807) is 12.1 Å². The van der Waals surface area contributed by atoms with E-state index in [2.05, 4.69) is 0 Å². The third-order valence-electron chi connectivity index (χ3n) is 3.06. The molecule has 2 rings (SSSR count). The molecular weight excluding hydrogens is 221 g/mol. The van der Waals surface area contributed by atoms with Crippen molar-refractivity contribution in [3.8, 4) is 0 Å². The predicted octanol–water partition coefficient (Wildman–Crippen LogP) is 2.25. The van der Waals surface area contributed by atoms with E-state index in [0.29, 0.717) is 25.1 Å². The minimum atomic E-state index is -0.469. The van der Waals surface area contributed by atoms with Gasteiger partial charge in [-0.1, -0.05) is 6.07 Å². The molecule has 1 fully saturated rings. The molecule has 0 aliphatic carbocycles. The molecule has 17 heavy (non-hydrogen) atoms. The minimum absolute atomic E-state index is 0.0916. The third-order valence-corrected chi connectivity index (χ3v) is 3.06. The molecule has 0 saturated carbocycles. The number of carbonyl (C=O) groups excluding carboxylic acids is 1. The first-order valence-corrected chi connectivity index (χ1v) is 5.75. The summed E-state index contributed by atoms with van der Waals surface area (Å²) >= 11 is 0. The summed E-state index contributed by atoms with van der Waals surface area (Å²) in [5.41, 5.74) is 0.788. The Bertz CT molecular complexity index is 422. The number of hydrogen-bond donors (Lipinski definition) is 0. The van der Waals surface area contributed by atoms with Crippen LogP contribution < -0.4 is 4.90 Å². The van der Waals surface area contributed by atoms with Gasteiger partial charge in [-0.15, -0.1) is 0 Å². The highest BCUT2D eigenvalue weighted by Crippen LogP contribution is 2.26. The number of ether oxygens (including phenoxy) is 1. The smallest absolute Gasteiger partial charge is 0.155 e. The highest BCUT2D eigenvalue weighted by atomic mass is 19.1. The van der Waals surface area contributed by atoms with Crippen LogP contribution in [0.25, 0.3) is 0 Å². The van der Waals surface area contributed by atoms with E-state index in [-0.39, 0.29) is 17.7 Å². The van der Waals surface area contributed by atoms with Crippen LogP contribution in [0.1, 0.15) is 24.2 Å². The quantitative estimate of drug-likeness (QED) is 0.739. The third kappa shape index (κ3) is 2.31. The molecule has 1 aliphatic heterocycles. The van der Waals surface area contributed by atoms with Crippen LogP contribution in [-0.2, 0) is 4.74 Å². The molecule has 1 aromatic rings. The number of morpholine rings is 1. The van der Waals surface area contributed by atoms with Gasteiger partial charge in [0, 0.05) is 12.6 Å². The normalized spacial score (nSPS) is 24.8. The van der Waals surface area contributed by atoms with Gasteiger partial charge in [-0.25, -0.2) is 4.39 Å². The summed E-state index contributed by atoms with van der Waals surface area (Å²) in [6, 6.07) is 4.86. The second kappa shape index (κ2) is 4.84. The summed E-state index contributed by atoms with van der Waals surface area (Å²) in [6.45, 7) is 5.24. The highest BCUT2D eigenvalue weighted by Gasteiger charge is 2.26. The molecule has 1 heterocycles. The maximum Gasteiger partial charge on any atom is 0.155 e. The van der Waals surface area contributed by atoms with Gasteiger partial charge in [0.05, 0.1) is 24.0 Å². The summed E-state index contributed by atoms with van der Waals surface area (Å²) in [5.74, 6) is -0.469. The average molecular weight is 237 g/mol. The van der Waals surface area contributed by atoms with Crippen LogP contribution >= 0.6 is 0 Å². The van der Waals surface area contributed by atoms with Crippen molar-refractivity contribution < 1.29 is 13.9 Å². The molecule has 1 aromatic carbocycles. The molecule has 1 aliphatic rings. The van der Waals surface area contributed by atoms with Crippen LogP contribution in [0.2, 0.25) is 0 Å². The molecule has 0 aromatic heterocycles. The number of nitrogens with zero attached hydrogens (tertiary/aromatic N) is 1.